The number of likely N-dealkylation sites (tertiary alicyclic amines) is 1. The molecule has 1 aliphatic carbocycles. The third kappa shape index (κ3) is 3.76. The summed E-state index contributed by atoms with van der Waals surface area (Å²) in [6, 6.07) is 0. The number of hydrogen-bond donors (Lipinski definition) is 0. The molecule has 0 radical (unpaired) electrons. The Morgan fingerprint density at radius 2 is 1.69 bits per heavy atom. The van der Waals surface area contributed by atoms with Gasteiger partial charge in [-0.2, -0.15) is 0 Å². The first-order valence-electron chi connectivity index (χ1n) is 6.28. The van der Waals surface area contributed by atoms with Crippen molar-refractivity contribution in [1.82, 2.24) is 9.80 Å². The molecule has 1 fully saturated rings. The SMILES string of the molecule is CN(C)CCCN1CC2CC=CCC2C1.Cl. The summed E-state index contributed by atoms with van der Waals surface area (Å²) >= 11 is 0. The Morgan fingerprint density at radius 1 is 1.12 bits per heavy atom. The molecule has 3 heteroatoms. The van der Waals surface area contributed by atoms with Gasteiger partial charge >= 0.3 is 0 Å². The Labute approximate surface area is 106 Å². The molecule has 2 atom stereocenters. The second-order valence-electron chi connectivity index (χ2n) is 5.38. The highest BCUT2D eigenvalue weighted by Crippen LogP contribution is 2.32. The van der Waals surface area contributed by atoms with Gasteiger partial charge in [0.15, 0.2) is 0 Å². The maximum Gasteiger partial charge on any atom is 0.00160 e. The molecule has 2 rings (SSSR count). The first-order valence-corrected chi connectivity index (χ1v) is 6.28. The lowest BCUT2D eigenvalue weighted by Crippen LogP contribution is -2.25. The predicted octanol–water partition coefficient (Wildman–Crippen LogP) is 2.26. The van der Waals surface area contributed by atoms with Crippen LogP contribution in [0.1, 0.15) is 19.3 Å². The number of rotatable bonds is 4. The van der Waals surface area contributed by atoms with E-state index < -0.39 is 0 Å². The second-order valence-corrected chi connectivity index (χ2v) is 5.38. The van der Waals surface area contributed by atoms with Crippen molar-refractivity contribution in [3.8, 4) is 0 Å². The van der Waals surface area contributed by atoms with E-state index in [1.54, 1.807) is 0 Å². The number of allylic oxidation sites excluding steroid dienone is 2. The smallest absolute Gasteiger partial charge is 0.00160 e. The minimum Gasteiger partial charge on any atom is -0.309 e. The van der Waals surface area contributed by atoms with Crippen molar-refractivity contribution >= 4 is 12.4 Å². The molecule has 1 saturated heterocycles. The molecule has 2 nitrogen and oxygen atoms in total. The van der Waals surface area contributed by atoms with Gasteiger partial charge in [0, 0.05) is 13.1 Å². The van der Waals surface area contributed by atoms with Crippen LogP contribution < -0.4 is 0 Å². The molecule has 2 aliphatic rings. The molecule has 0 aromatic carbocycles. The molecular formula is C13H25ClN2. The van der Waals surface area contributed by atoms with Gasteiger partial charge in [0.2, 0.25) is 0 Å². The van der Waals surface area contributed by atoms with Gasteiger partial charge in [-0.05, 0) is 58.3 Å². The van der Waals surface area contributed by atoms with Crippen LogP contribution in [0, 0.1) is 11.8 Å². The summed E-state index contributed by atoms with van der Waals surface area (Å²) in [6.07, 6.45) is 8.73. The highest BCUT2D eigenvalue weighted by Gasteiger charge is 2.31. The number of hydrogen-bond acceptors (Lipinski definition) is 2. The van der Waals surface area contributed by atoms with Gasteiger partial charge in [0.05, 0.1) is 0 Å². The highest BCUT2D eigenvalue weighted by atomic mass is 35.5. The zero-order chi connectivity index (χ0) is 10.7. The molecule has 2 unspecified atom stereocenters. The quantitative estimate of drug-likeness (QED) is 0.700. The Morgan fingerprint density at radius 3 is 2.19 bits per heavy atom. The van der Waals surface area contributed by atoms with Crippen LogP contribution in [-0.4, -0.2) is 50.1 Å². The number of fused-ring (bicyclic) bond motifs is 1. The standard InChI is InChI=1S/C13H24N2.ClH/c1-14(2)8-5-9-15-10-12-6-3-4-7-13(12)11-15;/h3-4,12-13H,5-11H2,1-2H3;1H. The van der Waals surface area contributed by atoms with E-state index in [0.29, 0.717) is 0 Å². The van der Waals surface area contributed by atoms with Crippen molar-refractivity contribution < 1.29 is 0 Å². The third-order valence-corrected chi connectivity index (χ3v) is 3.78. The summed E-state index contributed by atoms with van der Waals surface area (Å²) < 4.78 is 0. The summed E-state index contributed by atoms with van der Waals surface area (Å²) in [5.41, 5.74) is 0. The lowest BCUT2D eigenvalue weighted by Gasteiger charge is -2.18. The fourth-order valence-corrected chi connectivity index (χ4v) is 2.91. The van der Waals surface area contributed by atoms with E-state index in [4.69, 9.17) is 0 Å². The van der Waals surface area contributed by atoms with Gasteiger partial charge in [-0.15, -0.1) is 12.4 Å². The number of nitrogens with zero attached hydrogens (tertiary/aromatic N) is 2. The molecule has 0 aromatic heterocycles. The van der Waals surface area contributed by atoms with Crippen molar-refractivity contribution in [2.45, 2.75) is 19.3 Å². The Kier molecular flexibility index (Phi) is 5.81. The maximum atomic E-state index is 2.67. The summed E-state index contributed by atoms with van der Waals surface area (Å²) in [4.78, 5) is 4.95. The van der Waals surface area contributed by atoms with Crippen LogP contribution >= 0.6 is 12.4 Å². The maximum absolute atomic E-state index is 2.67. The van der Waals surface area contributed by atoms with E-state index in [0.717, 1.165) is 11.8 Å². The lowest BCUT2D eigenvalue weighted by molar-refractivity contribution is 0.291. The topological polar surface area (TPSA) is 6.48 Å². The summed E-state index contributed by atoms with van der Waals surface area (Å²) in [6.45, 7) is 5.22. The van der Waals surface area contributed by atoms with E-state index in [2.05, 4.69) is 36.0 Å². The Bertz CT molecular complexity index is 212. The van der Waals surface area contributed by atoms with Crippen molar-refractivity contribution in [2.24, 2.45) is 11.8 Å². The summed E-state index contributed by atoms with van der Waals surface area (Å²) in [5, 5.41) is 0. The van der Waals surface area contributed by atoms with Gasteiger partial charge in [-0.25, -0.2) is 0 Å². The van der Waals surface area contributed by atoms with Crippen LogP contribution in [-0.2, 0) is 0 Å². The summed E-state index contributed by atoms with van der Waals surface area (Å²) in [7, 11) is 4.32. The number of halogens is 1. The van der Waals surface area contributed by atoms with Crippen molar-refractivity contribution in [1.29, 1.82) is 0 Å². The molecule has 0 saturated carbocycles. The van der Waals surface area contributed by atoms with E-state index in [-0.39, 0.29) is 12.4 Å². The Hall–Kier alpha value is -0.0500. The molecule has 1 aliphatic heterocycles. The molecule has 0 amide bonds. The fourth-order valence-electron chi connectivity index (χ4n) is 2.91. The zero-order valence-corrected chi connectivity index (χ0v) is 11.4. The lowest BCUT2D eigenvalue weighted by atomic mass is 9.86. The minimum absolute atomic E-state index is 0. The van der Waals surface area contributed by atoms with Crippen LogP contribution in [0.5, 0.6) is 0 Å². The van der Waals surface area contributed by atoms with Crippen LogP contribution in [0.4, 0.5) is 0 Å². The Balaban J connectivity index is 0.00000128. The first kappa shape index (κ1) is 14.0. The third-order valence-electron chi connectivity index (χ3n) is 3.78. The summed E-state index contributed by atoms with van der Waals surface area (Å²) in [5.74, 6) is 1.93. The second kappa shape index (κ2) is 6.63. The van der Waals surface area contributed by atoms with Gasteiger partial charge in [0.1, 0.15) is 0 Å². The molecular weight excluding hydrogens is 220 g/mol. The first-order chi connectivity index (χ1) is 7.25. The molecule has 0 bridgehead atoms. The molecule has 94 valence electrons. The van der Waals surface area contributed by atoms with Crippen LogP contribution in [0.15, 0.2) is 12.2 Å². The normalized spacial score (nSPS) is 29.2. The van der Waals surface area contributed by atoms with Gasteiger partial charge in [0.25, 0.3) is 0 Å². The highest BCUT2D eigenvalue weighted by molar-refractivity contribution is 5.85. The largest absolute Gasteiger partial charge is 0.309 e. The zero-order valence-electron chi connectivity index (χ0n) is 10.6. The molecule has 0 aromatic rings. The van der Waals surface area contributed by atoms with Gasteiger partial charge in [-0.1, -0.05) is 12.2 Å². The minimum atomic E-state index is 0. The monoisotopic (exact) mass is 244 g/mol. The van der Waals surface area contributed by atoms with Crippen LogP contribution in [0.25, 0.3) is 0 Å². The average Bonchev–Trinajstić information content (AvgIpc) is 2.59. The van der Waals surface area contributed by atoms with Gasteiger partial charge < -0.3 is 9.80 Å². The molecule has 16 heavy (non-hydrogen) atoms. The molecule has 0 N–H and O–H groups in total. The molecule has 1 heterocycles. The van der Waals surface area contributed by atoms with Gasteiger partial charge in [-0.3, -0.25) is 0 Å². The predicted molar refractivity (Wildman–Crippen MR) is 72.2 cm³/mol. The fraction of sp³-hybridized carbons (Fsp3) is 0.846. The van der Waals surface area contributed by atoms with E-state index in [1.165, 1.54) is 45.4 Å². The van der Waals surface area contributed by atoms with E-state index in [1.807, 2.05) is 0 Å². The van der Waals surface area contributed by atoms with Crippen molar-refractivity contribution in [3.05, 3.63) is 12.2 Å². The van der Waals surface area contributed by atoms with Crippen LogP contribution in [0.2, 0.25) is 0 Å². The van der Waals surface area contributed by atoms with Crippen molar-refractivity contribution in [3.63, 3.8) is 0 Å². The van der Waals surface area contributed by atoms with Crippen molar-refractivity contribution in [2.75, 3.05) is 40.3 Å². The average molecular weight is 245 g/mol. The van der Waals surface area contributed by atoms with Crippen LogP contribution in [0.3, 0.4) is 0 Å². The van der Waals surface area contributed by atoms with E-state index >= 15 is 0 Å². The molecule has 0 spiro atoms. The van der Waals surface area contributed by atoms with E-state index in [9.17, 15) is 0 Å².